The number of morpholine rings is 1. The molecule has 1 aliphatic heterocycles. The Hall–Kier alpha value is -2.35. The average Bonchev–Trinajstić information content (AvgIpc) is 2.95. The molecule has 1 aliphatic rings. The lowest BCUT2D eigenvalue weighted by atomic mass is 10.1. The van der Waals surface area contributed by atoms with E-state index in [-0.39, 0.29) is 11.6 Å². The first-order valence-electron chi connectivity index (χ1n) is 8.33. The molecule has 1 amide bonds. The minimum Gasteiger partial charge on any atom is -0.444 e. The minimum absolute atomic E-state index is 0.144. The summed E-state index contributed by atoms with van der Waals surface area (Å²) in [7, 11) is 0. The maximum atomic E-state index is 12.5. The average molecular weight is 348 g/mol. The van der Waals surface area contributed by atoms with Crippen molar-refractivity contribution >= 4 is 11.7 Å². The largest absolute Gasteiger partial charge is 0.444 e. The molecule has 2 aromatic rings. The highest BCUT2D eigenvalue weighted by atomic mass is 16.6. The molecule has 8 nitrogen and oxygen atoms in total. The van der Waals surface area contributed by atoms with E-state index >= 15 is 0 Å². The highest BCUT2D eigenvalue weighted by Gasteiger charge is 2.33. The van der Waals surface area contributed by atoms with Crippen molar-refractivity contribution in [1.29, 1.82) is 0 Å². The minimum atomic E-state index is -0.576. The summed E-state index contributed by atoms with van der Waals surface area (Å²) in [5.41, 5.74) is 1.79. The number of nitrogens with zero attached hydrogens (tertiary/aromatic N) is 3. The molecule has 0 aromatic carbocycles. The van der Waals surface area contributed by atoms with Crippen LogP contribution in [-0.2, 0) is 9.47 Å². The van der Waals surface area contributed by atoms with Gasteiger partial charge in [0.2, 0.25) is 0 Å². The van der Waals surface area contributed by atoms with Gasteiger partial charge in [0, 0.05) is 23.9 Å². The van der Waals surface area contributed by atoms with Crippen LogP contribution < -0.4 is 5.56 Å². The van der Waals surface area contributed by atoms with Gasteiger partial charge in [-0.25, -0.2) is 14.3 Å². The molecule has 8 heteroatoms. The number of rotatable bonds is 1. The van der Waals surface area contributed by atoms with Crippen LogP contribution in [0.25, 0.3) is 5.65 Å². The number of ether oxygens (including phenoxy) is 2. The van der Waals surface area contributed by atoms with Crippen molar-refractivity contribution in [2.24, 2.45) is 0 Å². The van der Waals surface area contributed by atoms with Crippen LogP contribution in [0.5, 0.6) is 0 Å². The molecule has 25 heavy (non-hydrogen) atoms. The molecule has 0 unspecified atom stereocenters. The summed E-state index contributed by atoms with van der Waals surface area (Å²) in [6, 6.07) is 1.43. The van der Waals surface area contributed by atoms with Crippen LogP contribution in [0.1, 0.15) is 43.8 Å². The highest BCUT2D eigenvalue weighted by molar-refractivity contribution is 5.69. The van der Waals surface area contributed by atoms with E-state index in [0.717, 1.165) is 0 Å². The van der Waals surface area contributed by atoms with E-state index in [1.165, 1.54) is 4.52 Å². The van der Waals surface area contributed by atoms with Gasteiger partial charge < -0.3 is 9.47 Å². The number of aromatic amines is 1. The van der Waals surface area contributed by atoms with Gasteiger partial charge in [0.25, 0.3) is 5.56 Å². The fourth-order valence-electron chi connectivity index (χ4n) is 2.81. The van der Waals surface area contributed by atoms with Gasteiger partial charge in [0.05, 0.1) is 18.9 Å². The van der Waals surface area contributed by atoms with E-state index < -0.39 is 11.7 Å². The zero-order valence-corrected chi connectivity index (χ0v) is 15.3. The van der Waals surface area contributed by atoms with Crippen LogP contribution in [0, 0.1) is 13.8 Å². The summed E-state index contributed by atoms with van der Waals surface area (Å²) in [4.78, 5) is 31.0. The Kier molecular flexibility index (Phi) is 4.32. The van der Waals surface area contributed by atoms with Crippen molar-refractivity contribution in [1.82, 2.24) is 19.5 Å². The van der Waals surface area contributed by atoms with Crippen molar-refractivity contribution in [2.75, 3.05) is 19.8 Å². The first kappa shape index (κ1) is 17.5. The first-order valence-corrected chi connectivity index (χ1v) is 8.33. The van der Waals surface area contributed by atoms with Crippen LogP contribution in [0.15, 0.2) is 10.9 Å². The predicted molar refractivity (Wildman–Crippen MR) is 91.8 cm³/mol. The van der Waals surface area contributed by atoms with E-state index in [4.69, 9.17) is 9.47 Å². The summed E-state index contributed by atoms with van der Waals surface area (Å²) < 4.78 is 12.4. The SMILES string of the molecule is Cc1nc2cc([C@@H]3COCCN3C(=O)OC(C)(C)C)[nH]n2c(=O)c1C. The summed E-state index contributed by atoms with van der Waals surface area (Å²) in [5, 5.41) is 3.06. The number of hydrogen-bond acceptors (Lipinski definition) is 5. The van der Waals surface area contributed by atoms with Gasteiger partial charge in [0.15, 0.2) is 5.65 Å². The zero-order chi connectivity index (χ0) is 18.4. The van der Waals surface area contributed by atoms with Crippen LogP contribution in [0.2, 0.25) is 0 Å². The second-order valence-corrected chi connectivity index (χ2v) is 7.30. The monoisotopic (exact) mass is 348 g/mol. The van der Waals surface area contributed by atoms with Crippen molar-refractivity contribution in [3.05, 3.63) is 33.4 Å². The molecule has 3 heterocycles. The Balaban J connectivity index is 1.98. The van der Waals surface area contributed by atoms with Gasteiger partial charge in [-0.05, 0) is 34.6 Å². The fraction of sp³-hybridized carbons (Fsp3) is 0.588. The number of fused-ring (bicyclic) bond motifs is 1. The number of H-pyrrole nitrogens is 1. The molecule has 136 valence electrons. The maximum Gasteiger partial charge on any atom is 0.411 e. The predicted octanol–water partition coefficient (Wildman–Crippen LogP) is 1.95. The molecule has 1 saturated heterocycles. The number of nitrogens with one attached hydrogen (secondary N) is 1. The Morgan fingerprint density at radius 3 is 2.80 bits per heavy atom. The Morgan fingerprint density at radius 2 is 2.12 bits per heavy atom. The lowest BCUT2D eigenvalue weighted by molar-refractivity contribution is -0.0341. The zero-order valence-electron chi connectivity index (χ0n) is 15.3. The second kappa shape index (κ2) is 6.18. The summed E-state index contributed by atoms with van der Waals surface area (Å²) in [5.74, 6) is 0. The van der Waals surface area contributed by atoms with Crippen LogP contribution in [0.3, 0.4) is 0 Å². The normalized spacial score (nSPS) is 18.6. The molecule has 1 fully saturated rings. The van der Waals surface area contributed by atoms with Crippen molar-refractivity contribution in [2.45, 2.75) is 46.3 Å². The first-order chi connectivity index (χ1) is 11.7. The fourth-order valence-corrected chi connectivity index (χ4v) is 2.81. The van der Waals surface area contributed by atoms with Crippen LogP contribution >= 0.6 is 0 Å². The number of aromatic nitrogens is 3. The van der Waals surface area contributed by atoms with Gasteiger partial charge in [-0.1, -0.05) is 0 Å². The number of aryl methyl sites for hydroxylation is 1. The lowest BCUT2D eigenvalue weighted by Gasteiger charge is -2.35. The molecule has 0 saturated carbocycles. The number of amides is 1. The number of carbonyl (C=O) groups excluding carboxylic acids is 1. The van der Waals surface area contributed by atoms with Crippen molar-refractivity contribution in [3.8, 4) is 0 Å². The second-order valence-electron chi connectivity index (χ2n) is 7.30. The van der Waals surface area contributed by atoms with E-state index in [1.54, 1.807) is 24.8 Å². The van der Waals surface area contributed by atoms with Crippen LogP contribution in [0.4, 0.5) is 4.79 Å². The molecule has 1 atom stereocenters. The van der Waals surface area contributed by atoms with E-state index in [1.807, 2.05) is 20.8 Å². The van der Waals surface area contributed by atoms with Gasteiger partial charge >= 0.3 is 6.09 Å². The molecule has 1 N–H and O–H groups in total. The third-order valence-electron chi connectivity index (χ3n) is 4.22. The quantitative estimate of drug-likeness (QED) is 0.851. The standard InChI is InChI=1S/C17H24N4O4/c1-10-11(2)18-14-8-12(19-21(14)15(10)22)13-9-24-7-6-20(13)16(23)25-17(3,4)5/h8,13,19H,6-7,9H2,1-5H3/t13-/m0/s1. The topological polar surface area (TPSA) is 88.9 Å². The van der Waals surface area contributed by atoms with Crippen LogP contribution in [-0.4, -0.2) is 51.0 Å². The highest BCUT2D eigenvalue weighted by Crippen LogP contribution is 2.25. The summed E-state index contributed by atoms with van der Waals surface area (Å²) in [6.07, 6.45) is -0.396. The maximum absolute atomic E-state index is 12.5. The molecule has 0 radical (unpaired) electrons. The Bertz CT molecular complexity index is 862. The van der Waals surface area contributed by atoms with E-state index in [9.17, 15) is 9.59 Å². The Labute approximate surface area is 145 Å². The number of hydrogen-bond donors (Lipinski definition) is 1. The molecule has 0 aliphatic carbocycles. The van der Waals surface area contributed by atoms with Crippen molar-refractivity contribution in [3.63, 3.8) is 0 Å². The van der Waals surface area contributed by atoms with E-state index in [2.05, 4.69) is 10.1 Å². The molecule has 0 bridgehead atoms. The van der Waals surface area contributed by atoms with E-state index in [0.29, 0.717) is 42.4 Å². The lowest BCUT2D eigenvalue weighted by Crippen LogP contribution is -2.45. The molecular formula is C17H24N4O4. The molecule has 0 spiro atoms. The van der Waals surface area contributed by atoms with Gasteiger partial charge in [-0.15, -0.1) is 0 Å². The van der Waals surface area contributed by atoms with Gasteiger partial charge in [-0.3, -0.25) is 14.8 Å². The third kappa shape index (κ3) is 3.39. The number of carbonyl (C=O) groups is 1. The smallest absolute Gasteiger partial charge is 0.411 e. The Morgan fingerprint density at radius 1 is 1.40 bits per heavy atom. The van der Waals surface area contributed by atoms with Gasteiger partial charge in [0.1, 0.15) is 11.6 Å². The molecular weight excluding hydrogens is 324 g/mol. The molecule has 2 aromatic heterocycles. The summed E-state index contributed by atoms with van der Waals surface area (Å²) in [6.45, 7) is 10.3. The summed E-state index contributed by atoms with van der Waals surface area (Å²) >= 11 is 0. The van der Waals surface area contributed by atoms with Crippen molar-refractivity contribution < 1.29 is 14.3 Å². The van der Waals surface area contributed by atoms with Gasteiger partial charge in [-0.2, -0.15) is 0 Å². The molecule has 3 rings (SSSR count). The third-order valence-corrected chi connectivity index (χ3v) is 4.22.